The third kappa shape index (κ3) is 5.71. The van der Waals surface area contributed by atoms with Gasteiger partial charge in [0.05, 0.1) is 11.7 Å². The third-order valence-corrected chi connectivity index (χ3v) is 4.72. The van der Waals surface area contributed by atoms with Crippen LogP contribution in [0.1, 0.15) is 60.8 Å². The fraction of sp³-hybridized carbons (Fsp3) is 1.00. The number of aliphatic hydroxyl groups is 2. The first-order chi connectivity index (χ1) is 9.03. The van der Waals surface area contributed by atoms with E-state index in [0.717, 1.165) is 32.4 Å². The molecular weight excluding hydrogens is 250 g/mol. The number of nitrogens with zero attached hydrogens (tertiary/aromatic N) is 1. The van der Waals surface area contributed by atoms with Gasteiger partial charge in [0, 0.05) is 13.1 Å². The maximum Gasteiger partial charge on any atom is 0.0718 e. The summed E-state index contributed by atoms with van der Waals surface area (Å²) in [7, 11) is 0. The van der Waals surface area contributed by atoms with Crippen LogP contribution in [0.5, 0.6) is 0 Å². The zero-order valence-corrected chi connectivity index (χ0v) is 14.3. The van der Waals surface area contributed by atoms with Gasteiger partial charge in [0.15, 0.2) is 0 Å². The van der Waals surface area contributed by atoms with E-state index >= 15 is 0 Å². The van der Waals surface area contributed by atoms with Crippen LogP contribution >= 0.6 is 0 Å². The molecule has 3 nitrogen and oxygen atoms in total. The van der Waals surface area contributed by atoms with Crippen molar-refractivity contribution >= 4 is 0 Å². The summed E-state index contributed by atoms with van der Waals surface area (Å²) in [4.78, 5) is 2.28. The summed E-state index contributed by atoms with van der Waals surface area (Å²) in [5.41, 5.74) is -0.343. The van der Waals surface area contributed by atoms with Crippen LogP contribution in [0.15, 0.2) is 0 Å². The fourth-order valence-electron chi connectivity index (χ4n) is 3.42. The van der Waals surface area contributed by atoms with E-state index in [9.17, 15) is 10.2 Å². The smallest absolute Gasteiger partial charge is 0.0718 e. The summed E-state index contributed by atoms with van der Waals surface area (Å²) in [6, 6.07) is 0. The molecule has 2 N–H and O–H groups in total. The molecule has 0 aromatic carbocycles. The highest BCUT2D eigenvalue weighted by molar-refractivity contribution is 4.87. The molecular formula is C17H35NO2. The molecule has 1 aliphatic rings. The third-order valence-electron chi connectivity index (χ3n) is 4.72. The summed E-state index contributed by atoms with van der Waals surface area (Å²) >= 11 is 0. The summed E-state index contributed by atoms with van der Waals surface area (Å²) < 4.78 is 0. The van der Waals surface area contributed by atoms with E-state index in [2.05, 4.69) is 32.6 Å². The quantitative estimate of drug-likeness (QED) is 0.816. The maximum atomic E-state index is 10.3. The lowest BCUT2D eigenvalue weighted by Gasteiger charge is -2.42. The second kappa shape index (κ2) is 6.76. The van der Waals surface area contributed by atoms with E-state index in [-0.39, 0.29) is 6.10 Å². The Balaban J connectivity index is 2.63. The molecule has 0 spiro atoms. The van der Waals surface area contributed by atoms with Crippen molar-refractivity contribution in [2.45, 2.75) is 72.5 Å². The second-order valence-electron chi connectivity index (χ2n) is 8.34. The Morgan fingerprint density at radius 3 is 2.15 bits per heavy atom. The number of hydrogen-bond acceptors (Lipinski definition) is 3. The average Bonchev–Trinajstić information content (AvgIpc) is 2.27. The van der Waals surface area contributed by atoms with Gasteiger partial charge < -0.3 is 15.1 Å². The Labute approximate surface area is 125 Å². The van der Waals surface area contributed by atoms with Crippen LogP contribution in [0, 0.1) is 17.3 Å². The normalized spacial score (nSPS) is 28.9. The number of hydrogen-bond donors (Lipinski definition) is 2. The van der Waals surface area contributed by atoms with Gasteiger partial charge in [-0.1, -0.05) is 27.7 Å². The van der Waals surface area contributed by atoms with Gasteiger partial charge in [-0.2, -0.15) is 0 Å². The topological polar surface area (TPSA) is 43.7 Å². The lowest BCUT2D eigenvalue weighted by atomic mass is 9.68. The van der Waals surface area contributed by atoms with Gasteiger partial charge >= 0.3 is 0 Å². The molecule has 1 rings (SSSR count). The van der Waals surface area contributed by atoms with Crippen molar-refractivity contribution in [3.05, 3.63) is 0 Å². The van der Waals surface area contributed by atoms with Crippen molar-refractivity contribution in [2.75, 3.05) is 19.6 Å². The van der Waals surface area contributed by atoms with Crippen LogP contribution in [-0.2, 0) is 0 Å². The van der Waals surface area contributed by atoms with Crippen molar-refractivity contribution in [1.82, 2.24) is 4.90 Å². The molecule has 0 aromatic rings. The molecule has 120 valence electrons. The Bertz CT molecular complexity index is 290. The average molecular weight is 285 g/mol. The van der Waals surface area contributed by atoms with Gasteiger partial charge in [-0.25, -0.2) is 0 Å². The van der Waals surface area contributed by atoms with Crippen molar-refractivity contribution < 1.29 is 10.2 Å². The van der Waals surface area contributed by atoms with E-state index < -0.39 is 5.60 Å². The molecule has 0 aromatic heterocycles. The Kier molecular flexibility index (Phi) is 6.06. The molecule has 0 heterocycles. The number of likely N-dealkylation sites (N-methyl/N-ethyl adjacent to an activating group) is 1. The molecule has 0 radical (unpaired) electrons. The molecule has 1 saturated carbocycles. The SMILES string of the molecule is CCN(CC1CC(C(C)(C)C)CCC1O)CC(C)(C)O. The molecule has 0 aliphatic heterocycles. The molecule has 3 unspecified atom stereocenters. The standard InChI is InChI=1S/C17H35NO2/c1-7-18(12-17(5,6)20)11-13-10-14(16(2,3)4)8-9-15(13)19/h13-15,19-20H,7-12H2,1-6H3. The van der Waals surface area contributed by atoms with Crippen LogP contribution in [0.2, 0.25) is 0 Å². The van der Waals surface area contributed by atoms with Gasteiger partial charge in [-0.05, 0) is 56.9 Å². The van der Waals surface area contributed by atoms with Gasteiger partial charge in [0.25, 0.3) is 0 Å². The van der Waals surface area contributed by atoms with Gasteiger partial charge in [0.2, 0.25) is 0 Å². The summed E-state index contributed by atoms with van der Waals surface area (Å²) in [6.45, 7) is 15.2. The molecule has 20 heavy (non-hydrogen) atoms. The molecule has 0 amide bonds. The fourth-order valence-corrected chi connectivity index (χ4v) is 3.42. The Morgan fingerprint density at radius 1 is 1.10 bits per heavy atom. The number of rotatable bonds is 5. The van der Waals surface area contributed by atoms with Gasteiger partial charge in [-0.3, -0.25) is 0 Å². The molecule has 1 fully saturated rings. The predicted molar refractivity (Wildman–Crippen MR) is 84.7 cm³/mol. The first-order valence-corrected chi connectivity index (χ1v) is 8.15. The van der Waals surface area contributed by atoms with Gasteiger partial charge in [-0.15, -0.1) is 0 Å². The Morgan fingerprint density at radius 2 is 1.70 bits per heavy atom. The minimum absolute atomic E-state index is 0.176. The molecule has 0 bridgehead atoms. The molecule has 3 atom stereocenters. The van der Waals surface area contributed by atoms with Gasteiger partial charge in [0.1, 0.15) is 0 Å². The monoisotopic (exact) mass is 285 g/mol. The highest BCUT2D eigenvalue weighted by Gasteiger charge is 2.36. The lowest BCUT2D eigenvalue weighted by Crippen LogP contribution is -2.45. The van der Waals surface area contributed by atoms with E-state index in [0.29, 0.717) is 23.8 Å². The summed E-state index contributed by atoms with van der Waals surface area (Å²) in [5.74, 6) is 1.03. The second-order valence-corrected chi connectivity index (χ2v) is 8.34. The van der Waals surface area contributed by atoms with Crippen molar-refractivity contribution in [1.29, 1.82) is 0 Å². The highest BCUT2D eigenvalue weighted by atomic mass is 16.3. The first-order valence-electron chi connectivity index (χ1n) is 8.15. The van der Waals surface area contributed by atoms with Crippen LogP contribution < -0.4 is 0 Å². The van der Waals surface area contributed by atoms with Crippen molar-refractivity contribution in [3.8, 4) is 0 Å². The first kappa shape index (κ1) is 17.9. The van der Waals surface area contributed by atoms with E-state index in [1.54, 1.807) is 0 Å². The predicted octanol–water partition coefficient (Wildman–Crippen LogP) is 2.90. The van der Waals surface area contributed by atoms with E-state index in [4.69, 9.17) is 0 Å². The zero-order valence-electron chi connectivity index (χ0n) is 14.3. The van der Waals surface area contributed by atoms with Crippen molar-refractivity contribution in [3.63, 3.8) is 0 Å². The van der Waals surface area contributed by atoms with Crippen molar-refractivity contribution in [2.24, 2.45) is 17.3 Å². The van der Waals surface area contributed by atoms with Crippen LogP contribution in [0.3, 0.4) is 0 Å². The lowest BCUT2D eigenvalue weighted by molar-refractivity contribution is -0.0148. The van der Waals surface area contributed by atoms with E-state index in [1.807, 2.05) is 13.8 Å². The molecule has 0 saturated heterocycles. The summed E-state index contributed by atoms with van der Waals surface area (Å²) in [6.07, 6.45) is 2.99. The van der Waals surface area contributed by atoms with Crippen LogP contribution in [0.25, 0.3) is 0 Å². The minimum Gasteiger partial charge on any atom is -0.393 e. The minimum atomic E-state index is -0.668. The maximum absolute atomic E-state index is 10.3. The largest absolute Gasteiger partial charge is 0.393 e. The summed E-state index contributed by atoms with van der Waals surface area (Å²) in [5, 5.41) is 20.3. The molecule has 3 heteroatoms. The Hall–Kier alpha value is -0.120. The van der Waals surface area contributed by atoms with Crippen LogP contribution in [0.4, 0.5) is 0 Å². The molecule has 1 aliphatic carbocycles. The number of aliphatic hydroxyl groups excluding tert-OH is 1. The highest BCUT2D eigenvalue weighted by Crippen LogP contribution is 2.40. The van der Waals surface area contributed by atoms with Crippen LogP contribution in [-0.4, -0.2) is 46.5 Å². The zero-order chi connectivity index (χ0) is 15.6. The van der Waals surface area contributed by atoms with E-state index in [1.165, 1.54) is 0 Å².